The second-order valence-electron chi connectivity index (χ2n) is 4.23. The highest BCUT2D eigenvalue weighted by atomic mass is 35.5. The number of carbonyl (C=O) groups is 1. The van der Waals surface area contributed by atoms with E-state index < -0.39 is 0 Å². The Balaban J connectivity index is 1.88. The summed E-state index contributed by atoms with van der Waals surface area (Å²) in [6, 6.07) is 13.3. The number of rotatable bonds is 4. The molecule has 0 heterocycles. The summed E-state index contributed by atoms with van der Waals surface area (Å²) in [6.07, 6.45) is 2.95. The standard InChI is InChI=1S/C16H13ClFNO/c17-14-7-4-13(5-8-14)11-19-16(20)9-6-12-2-1-3-15(18)10-12/h1-10H,11H2,(H,19,20)/b9-6+. The van der Waals surface area contributed by atoms with Crippen LogP contribution in [-0.4, -0.2) is 5.91 Å². The number of amides is 1. The van der Waals surface area contributed by atoms with Gasteiger partial charge in [-0.2, -0.15) is 0 Å². The molecule has 0 saturated carbocycles. The van der Waals surface area contributed by atoms with Crippen molar-refractivity contribution in [1.29, 1.82) is 0 Å². The van der Waals surface area contributed by atoms with Crippen molar-refractivity contribution in [2.75, 3.05) is 0 Å². The van der Waals surface area contributed by atoms with Crippen LogP contribution in [0.2, 0.25) is 5.02 Å². The molecule has 0 unspecified atom stereocenters. The Labute approximate surface area is 121 Å². The molecule has 0 bridgehead atoms. The zero-order valence-electron chi connectivity index (χ0n) is 10.6. The van der Waals surface area contributed by atoms with Crippen LogP contribution in [0.15, 0.2) is 54.6 Å². The summed E-state index contributed by atoms with van der Waals surface area (Å²) in [5, 5.41) is 3.40. The lowest BCUT2D eigenvalue weighted by Gasteiger charge is -2.02. The molecule has 2 rings (SSSR count). The van der Waals surface area contributed by atoms with Gasteiger partial charge in [0, 0.05) is 17.6 Å². The van der Waals surface area contributed by atoms with Gasteiger partial charge < -0.3 is 5.32 Å². The molecule has 2 nitrogen and oxygen atoms in total. The van der Waals surface area contributed by atoms with Gasteiger partial charge in [0.15, 0.2) is 0 Å². The van der Waals surface area contributed by atoms with Crippen LogP contribution in [0.3, 0.4) is 0 Å². The van der Waals surface area contributed by atoms with E-state index in [0.717, 1.165) is 5.56 Å². The number of benzene rings is 2. The molecule has 102 valence electrons. The van der Waals surface area contributed by atoms with Gasteiger partial charge in [0.25, 0.3) is 0 Å². The Bertz CT molecular complexity index is 623. The minimum absolute atomic E-state index is 0.232. The van der Waals surface area contributed by atoms with E-state index in [-0.39, 0.29) is 11.7 Å². The molecule has 0 atom stereocenters. The molecule has 1 amide bonds. The second-order valence-corrected chi connectivity index (χ2v) is 4.67. The summed E-state index contributed by atoms with van der Waals surface area (Å²) in [6.45, 7) is 0.420. The zero-order chi connectivity index (χ0) is 14.4. The fourth-order valence-electron chi connectivity index (χ4n) is 1.63. The van der Waals surface area contributed by atoms with E-state index in [1.54, 1.807) is 30.3 Å². The van der Waals surface area contributed by atoms with Gasteiger partial charge in [-0.25, -0.2) is 4.39 Å². The number of hydrogen-bond donors (Lipinski definition) is 1. The van der Waals surface area contributed by atoms with Crippen LogP contribution in [-0.2, 0) is 11.3 Å². The Hall–Kier alpha value is -2.13. The van der Waals surface area contributed by atoms with Crippen LogP contribution in [0.5, 0.6) is 0 Å². The molecule has 0 aliphatic carbocycles. The SMILES string of the molecule is O=C(/C=C/c1cccc(F)c1)NCc1ccc(Cl)cc1. The molecule has 0 spiro atoms. The largest absolute Gasteiger partial charge is 0.348 e. The smallest absolute Gasteiger partial charge is 0.244 e. The molecule has 2 aromatic rings. The predicted molar refractivity (Wildman–Crippen MR) is 78.7 cm³/mol. The molecular weight excluding hydrogens is 277 g/mol. The van der Waals surface area contributed by atoms with E-state index in [9.17, 15) is 9.18 Å². The first-order valence-corrected chi connectivity index (χ1v) is 6.47. The molecule has 0 fully saturated rings. The van der Waals surface area contributed by atoms with Crippen LogP contribution in [0.4, 0.5) is 4.39 Å². The molecule has 4 heteroatoms. The maximum atomic E-state index is 12.9. The fraction of sp³-hybridized carbons (Fsp3) is 0.0625. The van der Waals surface area contributed by atoms with Crippen molar-refractivity contribution >= 4 is 23.6 Å². The lowest BCUT2D eigenvalue weighted by Crippen LogP contribution is -2.20. The number of carbonyl (C=O) groups excluding carboxylic acids is 1. The van der Waals surface area contributed by atoms with Crippen LogP contribution in [0, 0.1) is 5.82 Å². The summed E-state index contributed by atoms with van der Waals surface area (Å²) in [4.78, 5) is 11.6. The Morgan fingerprint density at radius 1 is 1.20 bits per heavy atom. The first-order valence-electron chi connectivity index (χ1n) is 6.09. The molecule has 0 radical (unpaired) electrons. The lowest BCUT2D eigenvalue weighted by molar-refractivity contribution is -0.116. The highest BCUT2D eigenvalue weighted by Crippen LogP contribution is 2.09. The second kappa shape index (κ2) is 6.87. The van der Waals surface area contributed by atoms with Gasteiger partial charge in [-0.05, 0) is 41.5 Å². The molecule has 2 aromatic carbocycles. The average molecular weight is 290 g/mol. The van der Waals surface area contributed by atoms with Crippen LogP contribution in [0.1, 0.15) is 11.1 Å². The summed E-state index contributed by atoms with van der Waals surface area (Å²) in [5.41, 5.74) is 1.61. The molecule has 0 aliphatic rings. The third-order valence-electron chi connectivity index (χ3n) is 2.66. The molecule has 0 aliphatic heterocycles. The van der Waals surface area contributed by atoms with E-state index in [4.69, 9.17) is 11.6 Å². The van der Waals surface area contributed by atoms with Crippen molar-refractivity contribution in [3.8, 4) is 0 Å². The van der Waals surface area contributed by atoms with Gasteiger partial charge in [0.2, 0.25) is 5.91 Å². The topological polar surface area (TPSA) is 29.1 Å². The van der Waals surface area contributed by atoms with E-state index >= 15 is 0 Å². The van der Waals surface area contributed by atoms with Crippen LogP contribution in [0.25, 0.3) is 6.08 Å². The van der Waals surface area contributed by atoms with Crippen molar-refractivity contribution in [3.05, 3.63) is 76.6 Å². The third kappa shape index (κ3) is 4.52. The highest BCUT2D eigenvalue weighted by Gasteiger charge is 1.97. The Morgan fingerprint density at radius 3 is 2.65 bits per heavy atom. The quantitative estimate of drug-likeness (QED) is 0.852. The predicted octanol–water partition coefficient (Wildman–Crippen LogP) is 3.81. The molecule has 20 heavy (non-hydrogen) atoms. The summed E-state index contributed by atoms with van der Waals surface area (Å²) in [5.74, 6) is -0.557. The monoisotopic (exact) mass is 289 g/mol. The van der Waals surface area contributed by atoms with Gasteiger partial charge in [-0.3, -0.25) is 4.79 Å². The van der Waals surface area contributed by atoms with Crippen LogP contribution >= 0.6 is 11.6 Å². The Morgan fingerprint density at radius 2 is 1.95 bits per heavy atom. The van der Waals surface area contributed by atoms with Gasteiger partial charge in [-0.1, -0.05) is 35.9 Å². The van der Waals surface area contributed by atoms with Crippen molar-refractivity contribution in [2.45, 2.75) is 6.54 Å². The minimum atomic E-state index is -0.325. The van der Waals surface area contributed by atoms with Crippen molar-refractivity contribution in [1.82, 2.24) is 5.32 Å². The fourth-order valence-corrected chi connectivity index (χ4v) is 1.76. The van der Waals surface area contributed by atoms with Gasteiger partial charge in [0.1, 0.15) is 5.82 Å². The van der Waals surface area contributed by atoms with E-state index in [2.05, 4.69) is 5.32 Å². The van der Waals surface area contributed by atoms with Crippen molar-refractivity contribution < 1.29 is 9.18 Å². The third-order valence-corrected chi connectivity index (χ3v) is 2.91. The number of halogens is 2. The molecule has 0 aromatic heterocycles. The molecule has 0 saturated heterocycles. The van der Waals surface area contributed by atoms with Crippen LogP contribution < -0.4 is 5.32 Å². The maximum absolute atomic E-state index is 12.9. The summed E-state index contributed by atoms with van der Waals surface area (Å²) in [7, 11) is 0. The first-order chi connectivity index (χ1) is 9.63. The van der Waals surface area contributed by atoms with E-state index in [0.29, 0.717) is 17.1 Å². The van der Waals surface area contributed by atoms with E-state index in [1.165, 1.54) is 18.2 Å². The highest BCUT2D eigenvalue weighted by molar-refractivity contribution is 6.30. The summed E-state index contributed by atoms with van der Waals surface area (Å²) >= 11 is 5.78. The zero-order valence-corrected chi connectivity index (χ0v) is 11.4. The number of nitrogens with one attached hydrogen (secondary N) is 1. The van der Waals surface area contributed by atoms with Crippen molar-refractivity contribution in [3.63, 3.8) is 0 Å². The lowest BCUT2D eigenvalue weighted by atomic mass is 10.2. The molecule has 1 N–H and O–H groups in total. The maximum Gasteiger partial charge on any atom is 0.244 e. The van der Waals surface area contributed by atoms with Gasteiger partial charge in [0.05, 0.1) is 0 Å². The first kappa shape index (κ1) is 14.3. The normalized spacial score (nSPS) is 10.7. The van der Waals surface area contributed by atoms with E-state index in [1.807, 2.05) is 12.1 Å². The Kier molecular flexibility index (Phi) is 4.91. The average Bonchev–Trinajstić information content (AvgIpc) is 2.45. The number of hydrogen-bond acceptors (Lipinski definition) is 1. The van der Waals surface area contributed by atoms with Crippen molar-refractivity contribution in [2.24, 2.45) is 0 Å². The summed E-state index contributed by atoms with van der Waals surface area (Å²) < 4.78 is 12.9. The minimum Gasteiger partial charge on any atom is -0.348 e. The molecular formula is C16H13ClFNO. The van der Waals surface area contributed by atoms with Gasteiger partial charge in [-0.15, -0.1) is 0 Å². The van der Waals surface area contributed by atoms with Gasteiger partial charge >= 0.3 is 0 Å².